The minimum atomic E-state index is -0.0190. The Morgan fingerprint density at radius 3 is 3.06 bits per heavy atom. The molecular formula is C13H16N2OS. The average molecular weight is 248 g/mol. The predicted octanol–water partition coefficient (Wildman–Crippen LogP) is 1.59. The number of amides is 1. The second kappa shape index (κ2) is 4.91. The molecule has 2 rings (SSSR count). The SMILES string of the molecule is CC1(CNC(=O)c2sccc2C#CCN)CC1. The lowest BCUT2D eigenvalue weighted by atomic mass is 10.1. The fourth-order valence-corrected chi connectivity index (χ4v) is 2.26. The summed E-state index contributed by atoms with van der Waals surface area (Å²) in [5.74, 6) is 5.68. The maximum Gasteiger partial charge on any atom is 0.262 e. The smallest absolute Gasteiger partial charge is 0.262 e. The average Bonchev–Trinajstić information content (AvgIpc) is 2.89. The summed E-state index contributed by atoms with van der Waals surface area (Å²) < 4.78 is 0. The van der Waals surface area contributed by atoms with Crippen molar-refractivity contribution in [1.82, 2.24) is 5.32 Å². The molecule has 0 unspecified atom stereocenters. The molecule has 4 heteroatoms. The van der Waals surface area contributed by atoms with Gasteiger partial charge in [0.15, 0.2) is 0 Å². The van der Waals surface area contributed by atoms with Crippen molar-refractivity contribution in [2.45, 2.75) is 19.8 Å². The van der Waals surface area contributed by atoms with Gasteiger partial charge in [-0.05, 0) is 29.7 Å². The van der Waals surface area contributed by atoms with Crippen molar-refractivity contribution in [3.8, 4) is 11.8 Å². The summed E-state index contributed by atoms with van der Waals surface area (Å²) in [4.78, 5) is 12.7. The minimum Gasteiger partial charge on any atom is -0.351 e. The molecular weight excluding hydrogens is 232 g/mol. The van der Waals surface area contributed by atoms with Crippen molar-refractivity contribution >= 4 is 17.2 Å². The quantitative estimate of drug-likeness (QED) is 0.798. The normalized spacial score (nSPS) is 15.9. The van der Waals surface area contributed by atoms with Crippen LogP contribution in [-0.2, 0) is 0 Å². The monoisotopic (exact) mass is 248 g/mol. The zero-order chi connectivity index (χ0) is 12.3. The first-order valence-corrected chi connectivity index (χ1v) is 6.57. The van der Waals surface area contributed by atoms with Crippen LogP contribution in [0.4, 0.5) is 0 Å². The third-order valence-corrected chi connectivity index (χ3v) is 3.89. The summed E-state index contributed by atoms with van der Waals surface area (Å²) in [6, 6.07) is 1.86. The molecule has 0 saturated heterocycles. The Bertz CT molecular complexity index is 477. The lowest BCUT2D eigenvalue weighted by Gasteiger charge is -2.09. The molecule has 1 aromatic rings. The highest BCUT2D eigenvalue weighted by Gasteiger charge is 2.37. The van der Waals surface area contributed by atoms with Crippen molar-refractivity contribution in [2.24, 2.45) is 11.1 Å². The van der Waals surface area contributed by atoms with Crippen molar-refractivity contribution in [3.63, 3.8) is 0 Å². The minimum absolute atomic E-state index is 0.0190. The molecule has 1 aliphatic rings. The van der Waals surface area contributed by atoms with Gasteiger partial charge in [0.2, 0.25) is 0 Å². The van der Waals surface area contributed by atoms with E-state index in [0.29, 0.717) is 16.8 Å². The Hall–Kier alpha value is -1.31. The van der Waals surface area contributed by atoms with E-state index in [1.54, 1.807) is 0 Å². The first kappa shape index (κ1) is 12.2. The largest absolute Gasteiger partial charge is 0.351 e. The number of carbonyl (C=O) groups excluding carboxylic acids is 1. The van der Waals surface area contributed by atoms with E-state index in [1.165, 1.54) is 24.2 Å². The van der Waals surface area contributed by atoms with Crippen LogP contribution in [0.2, 0.25) is 0 Å². The number of nitrogens with one attached hydrogen (secondary N) is 1. The van der Waals surface area contributed by atoms with E-state index in [9.17, 15) is 4.79 Å². The molecule has 1 amide bonds. The fourth-order valence-electron chi connectivity index (χ4n) is 1.49. The Kier molecular flexibility index (Phi) is 3.51. The lowest BCUT2D eigenvalue weighted by molar-refractivity contribution is 0.0950. The first-order chi connectivity index (χ1) is 8.14. The number of thiophene rings is 1. The molecule has 0 bridgehead atoms. The topological polar surface area (TPSA) is 55.1 Å². The molecule has 1 heterocycles. The van der Waals surface area contributed by atoms with Gasteiger partial charge < -0.3 is 11.1 Å². The molecule has 0 aliphatic heterocycles. The van der Waals surface area contributed by atoms with Gasteiger partial charge in [0.25, 0.3) is 5.91 Å². The second-order valence-electron chi connectivity index (χ2n) is 4.66. The van der Waals surface area contributed by atoms with Crippen LogP contribution < -0.4 is 11.1 Å². The highest BCUT2D eigenvalue weighted by atomic mass is 32.1. The Balaban J connectivity index is 2.00. The molecule has 90 valence electrons. The molecule has 0 radical (unpaired) electrons. The van der Waals surface area contributed by atoms with Crippen molar-refractivity contribution in [3.05, 3.63) is 21.9 Å². The van der Waals surface area contributed by atoms with E-state index in [4.69, 9.17) is 5.73 Å². The van der Waals surface area contributed by atoms with Crippen LogP contribution in [0.3, 0.4) is 0 Å². The van der Waals surface area contributed by atoms with Gasteiger partial charge in [0, 0.05) is 12.1 Å². The Morgan fingerprint density at radius 1 is 1.65 bits per heavy atom. The summed E-state index contributed by atoms with van der Waals surface area (Å²) in [6.45, 7) is 3.26. The lowest BCUT2D eigenvalue weighted by Crippen LogP contribution is -2.28. The van der Waals surface area contributed by atoms with Crippen LogP contribution in [0, 0.1) is 17.3 Å². The van der Waals surface area contributed by atoms with Gasteiger partial charge in [-0.1, -0.05) is 18.8 Å². The molecule has 1 fully saturated rings. The summed E-state index contributed by atoms with van der Waals surface area (Å²) in [7, 11) is 0. The van der Waals surface area contributed by atoms with Gasteiger partial charge in [-0.25, -0.2) is 0 Å². The van der Waals surface area contributed by atoms with Crippen molar-refractivity contribution in [1.29, 1.82) is 0 Å². The Morgan fingerprint density at radius 2 is 2.41 bits per heavy atom. The molecule has 1 aliphatic carbocycles. The molecule has 17 heavy (non-hydrogen) atoms. The standard InChI is InChI=1S/C13H16N2OS/c1-13(5-6-13)9-15-12(16)11-10(3-2-7-14)4-8-17-11/h4,8H,5-7,9,14H2,1H3,(H,15,16). The zero-order valence-electron chi connectivity index (χ0n) is 9.88. The highest BCUT2D eigenvalue weighted by Crippen LogP contribution is 2.44. The highest BCUT2D eigenvalue weighted by molar-refractivity contribution is 7.12. The molecule has 1 aromatic heterocycles. The third kappa shape index (κ3) is 3.09. The Labute approximate surface area is 105 Å². The molecule has 3 N–H and O–H groups in total. The van der Waals surface area contributed by atoms with E-state index in [2.05, 4.69) is 24.1 Å². The van der Waals surface area contributed by atoms with Gasteiger partial charge in [-0.3, -0.25) is 4.79 Å². The van der Waals surface area contributed by atoms with Crippen molar-refractivity contribution in [2.75, 3.05) is 13.1 Å². The fraction of sp³-hybridized carbons (Fsp3) is 0.462. The van der Waals surface area contributed by atoms with E-state index in [0.717, 1.165) is 12.1 Å². The molecule has 0 atom stereocenters. The van der Waals surface area contributed by atoms with E-state index in [1.807, 2.05) is 11.4 Å². The van der Waals surface area contributed by atoms with Crippen LogP contribution >= 0.6 is 11.3 Å². The zero-order valence-corrected chi connectivity index (χ0v) is 10.7. The van der Waals surface area contributed by atoms with Gasteiger partial charge in [-0.15, -0.1) is 11.3 Å². The van der Waals surface area contributed by atoms with E-state index in [-0.39, 0.29) is 5.91 Å². The molecule has 1 saturated carbocycles. The number of hydrogen-bond donors (Lipinski definition) is 2. The number of carbonyl (C=O) groups is 1. The summed E-state index contributed by atoms with van der Waals surface area (Å²) in [5, 5.41) is 4.86. The van der Waals surface area contributed by atoms with E-state index < -0.39 is 0 Å². The molecule has 3 nitrogen and oxygen atoms in total. The predicted molar refractivity (Wildman–Crippen MR) is 69.9 cm³/mol. The van der Waals surface area contributed by atoms with Gasteiger partial charge >= 0.3 is 0 Å². The summed E-state index contributed by atoms with van der Waals surface area (Å²) in [6.07, 6.45) is 2.41. The maximum atomic E-state index is 12.0. The summed E-state index contributed by atoms with van der Waals surface area (Å²) >= 11 is 1.42. The van der Waals surface area contributed by atoms with Gasteiger partial charge in [0.05, 0.1) is 6.54 Å². The van der Waals surface area contributed by atoms with Crippen LogP contribution in [0.25, 0.3) is 0 Å². The van der Waals surface area contributed by atoms with Crippen molar-refractivity contribution < 1.29 is 4.79 Å². The first-order valence-electron chi connectivity index (χ1n) is 5.69. The molecule has 0 spiro atoms. The van der Waals surface area contributed by atoms with Crippen LogP contribution in [0.15, 0.2) is 11.4 Å². The maximum absolute atomic E-state index is 12.0. The van der Waals surface area contributed by atoms with Crippen LogP contribution in [-0.4, -0.2) is 19.0 Å². The van der Waals surface area contributed by atoms with Crippen LogP contribution in [0.1, 0.15) is 35.0 Å². The number of rotatable bonds is 3. The van der Waals surface area contributed by atoms with Gasteiger partial charge in [0.1, 0.15) is 4.88 Å². The van der Waals surface area contributed by atoms with Crippen LogP contribution in [0.5, 0.6) is 0 Å². The number of hydrogen-bond acceptors (Lipinski definition) is 3. The summed E-state index contributed by atoms with van der Waals surface area (Å²) in [5.41, 5.74) is 6.43. The van der Waals surface area contributed by atoms with E-state index >= 15 is 0 Å². The second-order valence-corrected chi connectivity index (χ2v) is 5.58. The van der Waals surface area contributed by atoms with Gasteiger partial charge in [-0.2, -0.15) is 0 Å². The number of nitrogens with two attached hydrogens (primary N) is 1. The third-order valence-electron chi connectivity index (χ3n) is 2.98. The molecule has 0 aromatic carbocycles.